The Morgan fingerprint density at radius 2 is 2.05 bits per heavy atom. The average molecular weight is 306 g/mol. The maximum Gasteiger partial charge on any atom is 0.103 e. The Morgan fingerprint density at radius 1 is 1.30 bits per heavy atom. The molecule has 0 aliphatic heterocycles. The molecule has 4 heteroatoms. The van der Waals surface area contributed by atoms with Crippen molar-refractivity contribution in [1.29, 1.82) is 0 Å². The molecule has 0 radical (unpaired) electrons. The Bertz CT molecular complexity index is 510. The van der Waals surface area contributed by atoms with Crippen LogP contribution in [0.4, 0.5) is 0 Å². The highest BCUT2D eigenvalue weighted by atomic mass is 32.2. The van der Waals surface area contributed by atoms with Gasteiger partial charge < -0.3 is 5.73 Å². The van der Waals surface area contributed by atoms with Gasteiger partial charge in [-0.05, 0) is 12.0 Å². The predicted octanol–water partition coefficient (Wildman–Crippen LogP) is 4.42. The molecule has 0 saturated carbocycles. The Balaban J connectivity index is 1.89. The van der Waals surface area contributed by atoms with Gasteiger partial charge in [-0.3, -0.25) is 0 Å². The monoisotopic (exact) mass is 306 g/mol. The van der Waals surface area contributed by atoms with Crippen LogP contribution in [0.5, 0.6) is 0 Å². The zero-order valence-electron chi connectivity index (χ0n) is 12.1. The van der Waals surface area contributed by atoms with Crippen LogP contribution in [0.3, 0.4) is 0 Å². The van der Waals surface area contributed by atoms with E-state index in [0.717, 1.165) is 17.9 Å². The van der Waals surface area contributed by atoms with E-state index >= 15 is 0 Å². The van der Waals surface area contributed by atoms with Gasteiger partial charge in [-0.1, -0.05) is 44.2 Å². The van der Waals surface area contributed by atoms with E-state index in [1.807, 2.05) is 30.0 Å². The first-order valence-corrected chi connectivity index (χ1v) is 8.97. The molecule has 1 heterocycles. The van der Waals surface area contributed by atoms with Crippen molar-refractivity contribution in [2.75, 3.05) is 0 Å². The third kappa shape index (κ3) is 4.62. The fourth-order valence-corrected chi connectivity index (χ4v) is 3.68. The summed E-state index contributed by atoms with van der Waals surface area (Å²) in [6.45, 7) is 4.49. The smallest absolute Gasteiger partial charge is 0.103 e. The minimum Gasteiger partial charge on any atom is -0.324 e. The van der Waals surface area contributed by atoms with Crippen molar-refractivity contribution >= 4 is 23.1 Å². The second-order valence-corrected chi connectivity index (χ2v) is 7.35. The standard InChI is InChI=1S/C16H22N2S2/c1-3-12(2)19-11-16-18-14(10-20-16)9-15(17)13-7-5-4-6-8-13/h4-8,10,12,15H,3,9,11,17H2,1-2H3. The van der Waals surface area contributed by atoms with Crippen LogP contribution in [-0.4, -0.2) is 10.2 Å². The van der Waals surface area contributed by atoms with Gasteiger partial charge >= 0.3 is 0 Å². The highest BCUT2D eigenvalue weighted by molar-refractivity contribution is 7.99. The molecule has 1 aromatic heterocycles. The van der Waals surface area contributed by atoms with Gasteiger partial charge in [-0.15, -0.1) is 11.3 Å². The normalized spacial score (nSPS) is 14.2. The SMILES string of the molecule is CCC(C)SCc1nc(CC(N)c2ccccc2)cs1. The van der Waals surface area contributed by atoms with Crippen molar-refractivity contribution in [2.24, 2.45) is 5.73 Å². The molecule has 2 aromatic rings. The fraction of sp³-hybridized carbons (Fsp3) is 0.438. The third-order valence-electron chi connectivity index (χ3n) is 3.32. The third-order valence-corrected chi connectivity index (χ3v) is 5.75. The minimum absolute atomic E-state index is 0.0355. The van der Waals surface area contributed by atoms with Crippen LogP contribution < -0.4 is 5.73 Å². The number of hydrogen-bond donors (Lipinski definition) is 1. The Kier molecular flexibility index (Phi) is 6.07. The summed E-state index contributed by atoms with van der Waals surface area (Å²) in [5, 5.41) is 4.06. The molecule has 20 heavy (non-hydrogen) atoms. The van der Waals surface area contributed by atoms with E-state index in [0.29, 0.717) is 5.25 Å². The topological polar surface area (TPSA) is 38.9 Å². The van der Waals surface area contributed by atoms with Crippen LogP contribution >= 0.6 is 23.1 Å². The zero-order chi connectivity index (χ0) is 14.4. The molecule has 0 saturated heterocycles. The maximum atomic E-state index is 6.24. The lowest BCUT2D eigenvalue weighted by atomic mass is 10.0. The van der Waals surface area contributed by atoms with E-state index in [4.69, 9.17) is 10.7 Å². The van der Waals surface area contributed by atoms with Crippen LogP contribution in [0, 0.1) is 0 Å². The molecule has 0 amide bonds. The van der Waals surface area contributed by atoms with E-state index < -0.39 is 0 Å². The molecule has 0 aliphatic rings. The van der Waals surface area contributed by atoms with Crippen molar-refractivity contribution in [1.82, 2.24) is 4.98 Å². The largest absolute Gasteiger partial charge is 0.324 e. The van der Waals surface area contributed by atoms with Crippen molar-refractivity contribution in [3.8, 4) is 0 Å². The summed E-state index contributed by atoms with van der Waals surface area (Å²) in [4.78, 5) is 4.70. The Labute approximate surface area is 129 Å². The second kappa shape index (κ2) is 7.81. The molecule has 0 bridgehead atoms. The fourth-order valence-electron chi connectivity index (χ4n) is 1.88. The van der Waals surface area contributed by atoms with E-state index in [1.165, 1.54) is 17.0 Å². The predicted molar refractivity (Wildman–Crippen MR) is 90.2 cm³/mol. The Hall–Kier alpha value is -0.840. The number of thioether (sulfide) groups is 1. The van der Waals surface area contributed by atoms with Crippen molar-refractivity contribution in [3.05, 3.63) is 52.0 Å². The highest BCUT2D eigenvalue weighted by Crippen LogP contribution is 2.23. The molecule has 0 spiro atoms. The molecule has 2 N–H and O–H groups in total. The average Bonchev–Trinajstić information content (AvgIpc) is 2.93. The van der Waals surface area contributed by atoms with Crippen LogP contribution in [0.2, 0.25) is 0 Å². The number of benzene rings is 1. The van der Waals surface area contributed by atoms with Crippen LogP contribution in [-0.2, 0) is 12.2 Å². The summed E-state index contributed by atoms with van der Waals surface area (Å²) in [5.74, 6) is 1.01. The Morgan fingerprint density at radius 3 is 2.75 bits per heavy atom. The minimum atomic E-state index is 0.0355. The van der Waals surface area contributed by atoms with E-state index in [-0.39, 0.29) is 6.04 Å². The first-order chi connectivity index (χ1) is 9.69. The van der Waals surface area contributed by atoms with Crippen molar-refractivity contribution in [3.63, 3.8) is 0 Å². The molecule has 0 fully saturated rings. The summed E-state index contributed by atoms with van der Waals surface area (Å²) in [6, 6.07) is 10.3. The number of nitrogens with zero attached hydrogens (tertiary/aromatic N) is 1. The maximum absolute atomic E-state index is 6.24. The lowest BCUT2D eigenvalue weighted by Gasteiger charge is -2.10. The first kappa shape index (κ1) is 15.5. The van der Waals surface area contributed by atoms with Crippen LogP contribution in [0.25, 0.3) is 0 Å². The highest BCUT2D eigenvalue weighted by Gasteiger charge is 2.10. The van der Waals surface area contributed by atoms with E-state index in [9.17, 15) is 0 Å². The van der Waals surface area contributed by atoms with E-state index in [2.05, 4.69) is 31.4 Å². The summed E-state index contributed by atoms with van der Waals surface area (Å²) in [6.07, 6.45) is 2.02. The van der Waals surface area contributed by atoms with Gasteiger partial charge in [0.25, 0.3) is 0 Å². The summed E-state index contributed by atoms with van der Waals surface area (Å²) in [5.41, 5.74) is 8.53. The van der Waals surface area contributed by atoms with Gasteiger partial charge in [-0.25, -0.2) is 4.98 Å². The second-order valence-electron chi connectivity index (χ2n) is 4.98. The molecule has 108 valence electrons. The van der Waals surface area contributed by atoms with E-state index in [1.54, 1.807) is 11.3 Å². The zero-order valence-corrected chi connectivity index (χ0v) is 13.7. The molecule has 2 unspecified atom stereocenters. The number of nitrogens with two attached hydrogens (primary N) is 1. The molecule has 2 rings (SSSR count). The number of aromatic nitrogens is 1. The van der Waals surface area contributed by atoms with Crippen LogP contribution in [0.15, 0.2) is 35.7 Å². The lowest BCUT2D eigenvalue weighted by Crippen LogP contribution is -2.13. The summed E-state index contributed by atoms with van der Waals surface area (Å²) in [7, 11) is 0. The molecule has 1 aromatic carbocycles. The molecular weight excluding hydrogens is 284 g/mol. The molecule has 2 nitrogen and oxygen atoms in total. The number of rotatable bonds is 7. The van der Waals surface area contributed by atoms with Gasteiger partial charge in [0.2, 0.25) is 0 Å². The van der Waals surface area contributed by atoms with Crippen LogP contribution in [0.1, 0.15) is 42.6 Å². The lowest BCUT2D eigenvalue weighted by molar-refractivity contribution is 0.709. The van der Waals surface area contributed by atoms with Gasteiger partial charge in [0, 0.05) is 28.8 Å². The number of hydrogen-bond acceptors (Lipinski definition) is 4. The summed E-state index contributed by atoms with van der Waals surface area (Å²) < 4.78 is 0. The van der Waals surface area contributed by atoms with Gasteiger partial charge in [0.15, 0.2) is 0 Å². The molecular formula is C16H22N2S2. The van der Waals surface area contributed by atoms with Gasteiger partial charge in [-0.2, -0.15) is 11.8 Å². The van der Waals surface area contributed by atoms with Crippen molar-refractivity contribution < 1.29 is 0 Å². The molecule has 0 aliphatic carbocycles. The van der Waals surface area contributed by atoms with Gasteiger partial charge in [0.05, 0.1) is 5.69 Å². The molecule has 2 atom stereocenters. The van der Waals surface area contributed by atoms with Gasteiger partial charge in [0.1, 0.15) is 5.01 Å². The first-order valence-electron chi connectivity index (χ1n) is 7.04. The number of thiazole rings is 1. The summed E-state index contributed by atoms with van der Waals surface area (Å²) >= 11 is 3.73. The van der Waals surface area contributed by atoms with Crippen molar-refractivity contribution in [2.45, 2.75) is 43.7 Å². The quantitative estimate of drug-likeness (QED) is 0.823.